The first-order chi connectivity index (χ1) is 9.43. The van der Waals surface area contributed by atoms with Gasteiger partial charge in [-0.25, -0.2) is 8.78 Å². The van der Waals surface area contributed by atoms with Gasteiger partial charge in [0.25, 0.3) is 0 Å². The van der Waals surface area contributed by atoms with E-state index in [-0.39, 0.29) is 28.9 Å². The van der Waals surface area contributed by atoms with Gasteiger partial charge in [0.1, 0.15) is 18.2 Å². The molecule has 20 heavy (non-hydrogen) atoms. The molecule has 0 atom stereocenters. The van der Waals surface area contributed by atoms with Crippen LogP contribution in [0.5, 0.6) is 0 Å². The Morgan fingerprint density at radius 3 is 2.55 bits per heavy atom. The third-order valence-corrected chi connectivity index (χ3v) is 3.06. The Bertz CT molecular complexity index is 628. The maximum atomic E-state index is 14.0. The summed E-state index contributed by atoms with van der Waals surface area (Å²) in [6, 6.07) is 1.89. The predicted molar refractivity (Wildman–Crippen MR) is 71.1 cm³/mol. The summed E-state index contributed by atoms with van der Waals surface area (Å²) < 4.78 is 29.1. The Hall–Kier alpha value is -1.53. The van der Waals surface area contributed by atoms with Gasteiger partial charge in [0.05, 0.1) is 10.6 Å². The summed E-state index contributed by atoms with van der Waals surface area (Å²) in [4.78, 5) is 0. The highest BCUT2D eigenvalue weighted by Crippen LogP contribution is 2.27. The lowest BCUT2D eigenvalue weighted by atomic mass is 10.1. The van der Waals surface area contributed by atoms with Gasteiger partial charge in [0, 0.05) is 6.54 Å². The summed E-state index contributed by atoms with van der Waals surface area (Å²) in [5.74, 6) is -0.694. The minimum Gasteiger partial charge on any atom is -0.388 e. The first kappa shape index (κ1) is 14.9. The zero-order valence-electron chi connectivity index (χ0n) is 11.1. The van der Waals surface area contributed by atoms with Crippen LogP contribution in [0.15, 0.2) is 12.1 Å². The minimum absolute atomic E-state index is 0.0280. The third kappa shape index (κ3) is 2.81. The third-order valence-electron chi connectivity index (χ3n) is 2.77. The highest BCUT2D eigenvalue weighted by Gasteiger charge is 2.19. The van der Waals surface area contributed by atoms with E-state index in [1.807, 2.05) is 13.8 Å². The number of aliphatic hydroxyl groups is 1. The van der Waals surface area contributed by atoms with Crippen LogP contribution in [-0.4, -0.2) is 19.9 Å². The zero-order valence-corrected chi connectivity index (χ0v) is 11.8. The number of benzene rings is 1. The molecular weight excluding hydrogens is 288 g/mol. The second-order valence-electron chi connectivity index (χ2n) is 4.85. The van der Waals surface area contributed by atoms with Crippen molar-refractivity contribution in [1.82, 2.24) is 14.8 Å². The van der Waals surface area contributed by atoms with E-state index in [2.05, 4.69) is 10.2 Å². The number of rotatable bonds is 4. The van der Waals surface area contributed by atoms with Gasteiger partial charge in [-0.3, -0.25) is 0 Å². The van der Waals surface area contributed by atoms with Gasteiger partial charge in [-0.05, 0) is 18.1 Å². The molecule has 0 spiro atoms. The molecule has 0 fully saturated rings. The minimum atomic E-state index is -0.729. The van der Waals surface area contributed by atoms with Crippen LogP contribution in [0.3, 0.4) is 0 Å². The molecule has 2 aromatic rings. The molecule has 0 bridgehead atoms. The van der Waals surface area contributed by atoms with E-state index in [9.17, 15) is 13.9 Å². The summed E-state index contributed by atoms with van der Waals surface area (Å²) in [7, 11) is 0. The Balaban J connectivity index is 2.58. The monoisotopic (exact) mass is 301 g/mol. The van der Waals surface area contributed by atoms with Crippen molar-refractivity contribution >= 4 is 11.6 Å². The molecule has 0 aliphatic heterocycles. The normalized spacial score (nSPS) is 11.3. The van der Waals surface area contributed by atoms with Gasteiger partial charge in [-0.1, -0.05) is 25.4 Å². The molecule has 1 N–H and O–H groups in total. The van der Waals surface area contributed by atoms with Crippen LogP contribution in [0.4, 0.5) is 8.78 Å². The van der Waals surface area contributed by atoms with Crippen molar-refractivity contribution in [2.75, 3.05) is 0 Å². The number of aliphatic hydroxyl groups excluding tert-OH is 1. The topological polar surface area (TPSA) is 50.9 Å². The molecule has 0 aliphatic carbocycles. The molecule has 1 aromatic heterocycles. The van der Waals surface area contributed by atoms with Crippen LogP contribution in [0.1, 0.15) is 19.7 Å². The molecule has 0 unspecified atom stereocenters. The summed E-state index contributed by atoms with van der Waals surface area (Å²) >= 11 is 5.53. The Morgan fingerprint density at radius 1 is 1.25 bits per heavy atom. The molecule has 0 radical (unpaired) electrons. The molecule has 4 nitrogen and oxygen atoms in total. The van der Waals surface area contributed by atoms with Crippen molar-refractivity contribution in [2.24, 2.45) is 5.92 Å². The van der Waals surface area contributed by atoms with Crippen LogP contribution >= 0.6 is 11.6 Å². The fourth-order valence-electron chi connectivity index (χ4n) is 1.90. The van der Waals surface area contributed by atoms with E-state index in [1.165, 1.54) is 0 Å². The van der Waals surface area contributed by atoms with Crippen molar-refractivity contribution in [3.8, 4) is 11.4 Å². The lowest BCUT2D eigenvalue weighted by Crippen LogP contribution is -2.10. The summed E-state index contributed by atoms with van der Waals surface area (Å²) in [5, 5.41) is 16.6. The van der Waals surface area contributed by atoms with E-state index < -0.39 is 11.6 Å². The largest absolute Gasteiger partial charge is 0.388 e. The van der Waals surface area contributed by atoms with Gasteiger partial charge in [0.15, 0.2) is 11.6 Å². The van der Waals surface area contributed by atoms with E-state index in [1.54, 1.807) is 4.57 Å². The molecule has 108 valence electrons. The molecule has 2 rings (SSSR count). The summed E-state index contributed by atoms with van der Waals surface area (Å²) in [6.45, 7) is 4.09. The van der Waals surface area contributed by atoms with Crippen LogP contribution in [0.2, 0.25) is 5.02 Å². The quantitative estimate of drug-likeness (QED) is 0.883. The highest BCUT2D eigenvalue weighted by molar-refractivity contribution is 6.30. The van der Waals surface area contributed by atoms with Crippen molar-refractivity contribution in [3.05, 3.63) is 34.6 Å². The molecule has 1 heterocycles. The highest BCUT2D eigenvalue weighted by atomic mass is 35.5. The number of hydrogen-bond acceptors (Lipinski definition) is 3. The molecule has 0 amide bonds. The average molecular weight is 302 g/mol. The first-order valence-electron chi connectivity index (χ1n) is 6.12. The van der Waals surface area contributed by atoms with E-state index >= 15 is 0 Å². The van der Waals surface area contributed by atoms with Gasteiger partial charge in [0.2, 0.25) is 0 Å². The lowest BCUT2D eigenvalue weighted by molar-refractivity contribution is 0.262. The van der Waals surface area contributed by atoms with Crippen molar-refractivity contribution in [2.45, 2.75) is 27.0 Å². The van der Waals surface area contributed by atoms with E-state index in [4.69, 9.17) is 11.6 Å². The number of nitrogens with zero attached hydrogens (tertiary/aromatic N) is 3. The molecule has 7 heteroatoms. The van der Waals surface area contributed by atoms with E-state index in [0.717, 1.165) is 12.1 Å². The van der Waals surface area contributed by atoms with Crippen LogP contribution < -0.4 is 0 Å². The molecular formula is C13H14ClF2N3O. The molecule has 1 aromatic carbocycles. The van der Waals surface area contributed by atoms with Gasteiger partial charge < -0.3 is 9.67 Å². The SMILES string of the molecule is CC(C)Cn1c(CO)nnc1-c1cc(F)c(Cl)cc1F. The van der Waals surface area contributed by atoms with Gasteiger partial charge >= 0.3 is 0 Å². The predicted octanol–water partition coefficient (Wildman–Crippen LogP) is 3.03. The number of aromatic nitrogens is 3. The van der Waals surface area contributed by atoms with E-state index in [0.29, 0.717) is 12.4 Å². The molecule has 0 saturated carbocycles. The van der Waals surface area contributed by atoms with Gasteiger partial charge in [-0.15, -0.1) is 10.2 Å². The molecule has 0 aliphatic rings. The summed E-state index contributed by atoms with van der Waals surface area (Å²) in [5.41, 5.74) is -0.0280. The zero-order chi connectivity index (χ0) is 14.9. The van der Waals surface area contributed by atoms with Crippen LogP contribution in [-0.2, 0) is 13.2 Å². The Kier molecular flexibility index (Phi) is 4.35. The molecule has 0 saturated heterocycles. The number of halogens is 3. The van der Waals surface area contributed by atoms with Crippen LogP contribution in [0.25, 0.3) is 11.4 Å². The second-order valence-corrected chi connectivity index (χ2v) is 5.26. The van der Waals surface area contributed by atoms with Crippen molar-refractivity contribution < 1.29 is 13.9 Å². The average Bonchev–Trinajstić information content (AvgIpc) is 2.76. The standard InChI is InChI=1S/C13H14ClF2N3O/c1-7(2)5-19-12(6-20)17-18-13(19)8-3-11(16)9(14)4-10(8)15/h3-4,7,20H,5-6H2,1-2H3. The van der Waals surface area contributed by atoms with Crippen molar-refractivity contribution in [1.29, 1.82) is 0 Å². The number of hydrogen-bond donors (Lipinski definition) is 1. The summed E-state index contributed by atoms with van der Waals surface area (Å²) in [6.07, 6.45) is 0. The fourth-order valence-corrected chi connectivity index (χ4v) is 2.05. The maximum absolute atomic E-state index is 14.0. The smallest absolute Gasteiger partial charge is 0.167 e. The lowest BCUT2D eigenvalue weighted by Gasteiger charge is -2.12. The fraction of sp³-hybridized carbons (Fsp3) is 0.385. The van der Waals surface area contributed by atoms with Crippen LogP contribution in [0, 0.1) is 17.6 Å². The maximum Gasteiger partial charge on any atom is 0.167 e. The Morgan fingerprint density at radius 2 is 1.95 bits per heavy atom. The van der Waals surface area contributed by atoms with Gasteiger partial charge in [-0.2, -0.15) is 0 Å². The second kappa shape index (κ2) is 5.85. The Labute approximate surface area is 120 Å². The first-order valence-corrected chi connectivity index (χ1v) is 6.49. The van der Waals surface area contributed by atoms with Crippen molar-refractivity contribution in [3.63, 3.8) is 0 Å².